The van der Waals surface area contributed by atoms with Crippen molar-refractivity contribution in [3.63, 3.8) is 0 Å². The van der Waals surface area contributed by atoms with Gasteiger partial charge in [0.05, 0.1) is 5.69 Å². The molecule has 2 rings (SSSR count). The van der Waals surface area contributed by atoms with E-state index >= 15 is 0 Å². The molecule has 1 aromatic heterocycles. The molecule has 4 heteroatoms. The number of aliphatic hydroxyl groups is 1. The van der Waals surface area contributed by atoms with Crippen LogP contribution >= 0.6 is 0 Å². The number of nitrogens with two attached hydrogens (primary N) is 1. The zero-order valence-corrected chi connectivity index (χ0v) is 8.18. The van der Waals surface area contributed by atoms with Crippen molar-refractivity contribution < 1.29 is 9.52 Å². The quantitative estimate of drug-likeness (QED) is 0.742. The summed E-state index contributed by atoms with van der Waals surface area (Å²) in [6.07, 6.45) is 2.06. The van der Waals surface area contributed by atoms with Gasteiger partial charge in [0, 0.05) is 24.3 Å². The molecule has 15 heavy (non-hydrogen) atoms. The van der Waals surface area contributed by atoms with Crippen LogP contribution in [0.15, 0.2) is 34.9 Å². The van der Waals surface area contributed by atoms with Crippen LogP contribution in [0.4, 0.5) is 5.69 Å². The maximum absolute atomic E-state index is 8.74. The Bertz CT molecular complexity index is 451. The van der Waals surface area contributed by atoms with E-state index in [0.29, 0.717) is 18.0 Å². The third-order valence-electron chi connectivity index (χ3n) is 2.05. The highest BCUT2D eigenvalue weighted by molar-refractivity contribution is 5.59. The van der Waals surface area contributed by atoms with Crippen molar-refractivity contribution in [3.8, 4) is 11.5 Å². The Labute approximate surface area is 87.4 Å². The van der Waals surface area contributed by atoms with E-state index < -0.39 is 0 Å². The van der Waals surface area contributed by atoms with Gasteiger partial charge >= 0.3 is 0 Å². The number of aromatic nitrogens is 1. The fourth-order valence-corrected chi connectivity index (χ4v) is 1.34. The lowest BCUT2D eigenvalue weighted by Gasteiger charge is -1.96. The lowest BCUT2D eigenvalue weighted by atomic mass is 10.2. The van der Waals surface area contributed by atoms with E-state index in [-0.39, 0.29) is 6.61 Å². The van der Waals surface area contributed by atoms with Crippen LogP contribution in [0, 0.1) is 0 Å². The first-order chi connectivity index (χ1) is 7.29. The first kappa shape index (κ1) is 9.73. The normalized spacial score (nSPS) is 10.5. The van der Waals surface area contributed by atoms with Gasteiger partial charge in [0.25, 0.3) is 0 Å². The van der Waals surface area contributed by atoms with Gasteiger partial charge in [0.15, 0.2) is 0 Å². The first-order valence-electron chi connectivity index (χ1n) is 4.71. The largest absolute Gasteiger partial charge is 0.444 e. The number of hydrogen-bond acceptors (Lipinski definition) is 4. The second kappa shape index (κ2) is 4.14. The van der Waals surface area contributed by atoms with E-state index in [0.717, 1.165) is 11.3 Å². The minimum Gasteiger partial charge on any atom is -0.444 e. The molecule has 0 saturated carbocycles. The number of hydrogen-bond donors (Lipinski definition) is 2. The molecule has 4 nitrogen and oxygen atoms in total. The lowest BCUT2D eigenvalue weighted by molar-refractivity contribution is 0.298. The number of anilines is 1. The molecule has 2 aromatic rings. The Hall–Kier alpha value is -1.81. The van der Waals surface area contributed by atoms with Crippen molar-refractivity contribution in [2.75, 3.05) is 12.3 Å². The molecule has 0 aliphatic heterocycles. The molecular formula is C11H12N2O2. The van der Waals surface area contributed by atoms with Gasteiger partial charge in [-0.2, -0.15) is 0 Å². The summed E-state index contributed by atoms with van der Waals surface area (Å²) in [7, 11) is 0. The van der Waals surface area contributed by atoms with Crippen molar-refractivity contribution in [3.05, 3.63) is 36.2 Å². The molecule has 0 unspecified atom stereocenters. The van der Waals surface area contributed by atoms with E-state index in [9.17, 15) is 0 Å². The highest BCUT2D eigenvalue weighted by Gasteiger charge is 2.05. The summed E-state index contributed by atoms with van der Waals surface area (Å²) < 4.78 is 5.28. The summed E-state index contributed by atoms with van der Waals surface area (Å²) in [4.78, 5) is 4.23. The van der Waals surface area contributed by atoms with Crippen molar-refractivity contribution in [2.45, 2.75) is 6.42 Å². The molecule has 0 radical (unpaired) electrons. The third kappa shape index (κ3) is 2.16. The van der Waals surface area contributed by atoms with Gasteiger partial charge in [-0.3, -0.25) is 0 Å². The molecule has 0 atom stereocenters. The molecule has 0 aliphatic rings. The van der Waals surface area contributed by atoms with Gasteiger partial charge in [0.2, 0.25) is 5.89 Å². The van der Waals surface area contributed by atoms with Gasteiger partial charge in [-0.1, -0.05) is 6.07 Å². The Balaban J connectivity index is 2.29. The van der Waals surface area contributed by atoms with Gasteiger partial charge < -0.3 is 15.3 Å². The van der Waals surface area contributed by atoms with E-state index in [2.05, 4.69) is 4.98 Å². The smallest absolute Gasteiger partial charge is 0.226 e. The molecule has 1 aromatic carbocycles. The minimum absolute atomic E-state index is 0.0723. The monoisotopic (exact) mass is 204 g/mol. The summed E-state index contributed by atoms with van der Waals surface area (Å²) in [5, 5.41) is 8.74. The SMILES string of the molecule is Nc1cccc(-c2nc(CCO)co2)c1. The van der Waals surface area contributed by atoms with Crippen molar-refractivity contribution in [1.82, 2.24) is 4.98 Å². The van der Waals surface area contributed by atoms with Crippen molar-refractivity contribution >= 4 is 5.69 Å². The summed E-state index contributed by atoms with van der Waals surface area (Å²) >= 11 is 0. The van der Waals surface area contributed by atoms with Crippen LogP contribution in [-0.4, -0.2) is 16.7 Å². The van der Waals surface area contributed by atoms with Crippen molar-refractivity contribution in [2.24, 2.45) is 0 Å². The summed E-state index contributed by atoms with van der Waals surface area (Å²) in [5.74, 6) is 0.533. The number of benzene rings is 1. The zero-order chi connectivity index (χ0) is 10.7. The standard InChI is InChI=1S/C11H12N2O2/c12-9-3-1-2-8(6-9)11-13-10(4-5-14)7-15-11/h1-3,6-7,14H,4-5,12H2. The second-order valence-electron chi connectivity index (χ2n) is 3.24. The van der Waals surface area contributed by atoms with Crippen molar-refractivity contribution in [1.29, 1.82) is 0 Å². The summed E-state index contributed by atoms with van der Waals surface area (Å²) in [6.45, 7) is 0.0723. The molecule has 0 saturated heterocycles. The van der Waals surface area contributed by atoms with Gasteiger partial charge in [-0.25, -0.2) is 4.98 Å². The van der Waals surface area contributed by atoms with Crippen LogP contribution in [0.2, 0.25) is 0 Å². The Kier molecular flexibility index (Phi) is 2.69. The maximum atomic E-state index is 8.74. The van der Waals surface area contributed by atoms with E-state index in [1.54, 1.807) is 18.4 Å². The number of rotatable bonds is 3. The highest BCUT2D eigenvalue weighted by atomic mass is 16.3. The number of nitrogens with zero attached hydrogens (tertiary/aromatic N) is 1. The third-order valence-corrected chi connectivity index (χ3v) is 2.05. The van der Waals surface area contributed by atoms with Crippen LogP contribution in [0.5, 0.6) is 0 Å². The van der Waals surface area contributed by atoms with E-state index in [4.69, 9.17) is 15.3 Å². The minimum atomic E-state index is 0.0723. The molecule has 1 heterocycles. The second-order valence-corrected chi connectivity index (χ2v) is 3.24. The first-order valence-corrected chi connectivity index (χ1v) is 4.71. The average molecular weight is 204 g/mol. The molecule has 0 spiro atoms. The number of aliphatic hydroxyl groups excluding tert-OH is 1. The molecular weight excluding hydrogens is 192 g/mol. The lowest BCUT2D eigenvalue weighted by Crippen LogP contribution is -1.90. The van der Waals surface area contributed by atoms with Gasteiger partial charge in [-0.15, -0.1) is 0 Å². The predicted octanol–water partition coefficient (Wildman–Crippen LogP) is 1.46. The van der Waals surface area contributed by atoms with E-state index in [1.807, 2.05) is 12.1 Å². The fourth-order valence-electron chi connectivity index (χ4n) is 1.34. The average Bonchev–Trinajstić information content (AvgIpc) is 2.67. The molecule has 0 fully saturated rings. The van der Waals surface area contributed by atoms with Gasteiger partial charge in [0.1, 0.15) is 6.26 Å². The van der Waals surface area contributed by atoms with E-state index in [1.165, 1.54) is 0 Å². The number of nitrogen functional groups attached to an aromatic ring is 1. The predicted molar refractivity (Wildman–Crippen MR) is 57.1 cm³/mol. The fraction of sp³-hybridized carbons (Fsp3) is 0.182. The highest BCUT2D eigenvalue weighted by Crippen LogP contribution is 2.20. The van der Waals surface area contributed by atoms with Crippen LogP contribution in [-0.2, 0) is 6.42 Å². The molecule has 0 amide bonds. The van der Waals surface area contributed by atoms with Crippen LogP contribution in [0.1, 0.15) is 5.69 Å². The Morgan fingerprint density at radius 3 is 3.00 bits per heavy atom. The van der Waals surface area contributed by atoms with Crippen LogP contribution in [0.3, 0.4) is 0 Å². The number of oxazole rings is 1. The molecule has 78 valence electrons. The zero-order valence-electron chi connectivity index (χ0n) is 8.18. The van der Waals surface area contributed by atoms with Gasteiger partial charge in [-0.05, 0) is 18.2 Å². The molecule has 3 N–H and O–H groups in total. The summed E-state index contributed by atoms with van der Waals surface area (Å²) in [6, 6.07) is 7.33. The molecule has 0 bridgehead atoms. The topological polar surface area (TPSA) is 72.3 Å². The Morgan fingerprint density at radius 2 is 2.27 bits per heavy atom. The van der Waals surface area contributed by atoms with Crippen LogP contribution < -0.4 is 5.73 Å². The molecule has 0 aliphatic carbocycles. The summed E-state index contributed by atoms with van der Waals surface area (Å²) in [5.41, 5.74) is 7.92. The maximum Gasteiger partial charge on any atom is 0.226 e. The Morgan fingerprint density at radius 1 is 1.40 bits per heavy atom. The van der Waals surface area contributed by atoms with Crippen LogP contribution in [0.25, 0.3) is 11.5 Å².